The van der Waals surface area contributed by atoms with E-state index in [0.29, 0.717) is 17.3 Å². The Morgan fingerprint density at radius 1 is 1.00 bits per heavy atom. The Labute approximate surface area is 224 Å². The van der Waals surface area contributed by atoms with Gasteiger partial charge in [-0.05, 0) is 56.5 Å². The highest BCUT2D eigenvalue weighted by molar-refractivity contribution is 6.31. The number of amides is 3. The van der Waals surface area contributed by atoms with Crippen LogP contribution in [-0.2, 0) is 27.2 Å². The first-order chi connectivity index (χ1) is 17.5. The molecule has 2 N–H and O–H groups in total. The van der Waals surface area contributed by atoms with E-state index in [-0.39, 0.29) is 32.0 Å². The van der Waals surface area contributed by atoms with Crippen molar-refractivity contribution in [3.8, 4) is 0 Å². The molecule has 0 bridgehead atoms. The van der Waals surface area contributed by atoms with Crippen LogP contribution < -0.4 is 10.7 Å². The number of hydrazine groups is 1. The van der Waals surface area contributed by atoms with E-state index in [1.165, 1.54) is 9.91 Å². The number of ether oxygens (including phenoxy) is 2. The van der Waals surface area contributed by atoms with E-state index in [2.05, 4.69) is 17.7 Å². The number of likely N-dealkylation sites (N-methyl/N-ethyl adjacent to an activating group) is 1. The minimum atomic E-state index is -0.641. The van der Waals surface area contributed by atoms with E-state index >= 15 is 0 Å². The third kappa shape index (κ3) is 11.1. The normalized spacial score (nSPS) is 11.0. The standard InChI is InChI=1S/C27H37ClN4O5/c1-6-20-11-13-22(14-12-20)30-25(34)36-18-15-24(33)32(29-19-21-9-7-8-10-23(21)28)17-16-31(5)26(35)37-27(2,3)4/h7-14,29H,6,15-19H2,1-5H3,(H,30,34). The summed E-state index contributed by atoms with van der Waals surface area (Å²) in [6.45, 7) is 8.03. The molecule has 0 unspecified atom stereocenters. The van der Waals surface area contributed by atoms with Crippen molar-refractivity contribution in [3.63, 3.8) is 0 Å². The van der Waals surface area contributed by atoms with Gasteiger partial charge in [0.05, 0.1) is 13.0 Å². The van der Waals surface area contributed by atoms with Gasteiger partial charge in [0.2, 0.25) is 5.91 Å². The van der Waals surface area contributed by atoms with Crippen LogP contribution in [-0.4, -0.2) is 60.3 Å². The second kappa shape index (κ2) is 14.4. The van der Waals surface area contributed by atoms with E-state index in [1.54, 1.807) is 46.0 Å². The van der Waals surface area contributed by atoms with Crippen molar-refractivity contribution in [1.29, 1.82) is 0 Å². The van der Waals surface area contributed by atoms with Crippen LogP contribution in [0.5, 0.6) is 0 Å². The molecule has 0 atom stereocenters. The van der Waals surface area contributed by atoms with E-state index in [9.17, 15) is 14.4 Å². The Bertz CT molecular complexity index is 1040. The van der Waals surface area contributed by atoms with Crippen LogP contribution in [0.4, 0.5) is 15.3 Å². The molecule has 2 aromatic carbocycles. The molecule has 0 radical (unpaired) electrons. The number of carbonyl (C=O) groups excluding carboxylic acids is 3. The fraction of sp³-hybridized carbons (Fsp3) is 0.444. The number of nitrogens with one attached hydrogen (secondary N) is 2. The Kier molecular flexibility index (Phi) is 11.7. The third-order valence-corrected chi connectivity index (χ3v) is 5.61. The molecule has 0 saturated heterocycles. The Balaban J connectivity index is 1.92. The van der Waals surface area contributed by atoms with Crippen LogP contribution in [0.1, 0.15) is 45.2 Å². The SMILES string of the molecule is CCc1ccc(NC(=O)OCCC(=O)N(CCN(C)C(=O)OC(C)(C)C)NCc2ccccc2Cl)cc1. The summed E-state index contributed by atoms with van der Waals surface area (Å²) in [4.78, 5) is 38.8. The molecule has 0 fully saturated rings. The fourth-order valence-electron chi connectivity index (χ4n) is 3.14. The molecule has 0 aliphatic rings. The first-order valence-electron chi connectivity index (χ1n) is 12.2. The zero-order valence-electron chi connectivity index (χ0n) is 22.2. The third-order valence-electron chi connectivity index (χ3n) is 5.24. The van der Waals surface area contributed by atoms with Crippen LogP contribution in [0.2, 0.25) is 5.02 Å². The van der Waals surface area contributed by atoms with Crippen LogP contribution in [0.3, 0.4) is 0 Å². The van der Waals surface area contributed by atoms with Crippen LogP contribution in [0.25, 0.3) is 0 Å². The molecule has 10 heteroatoms. The molecule has 0 aliphatic heterocycles. The smallest absolute Gasteiger partial charge is 0.411 e. The molecular weight excluding hydrogens is 496 g/mol. The first kappa shape index (κ1) is 29.9. The largest absolute Gasteiger partial charge is 0.449 e. The van der Waals surface area contributed by atoms with E-state index in [4.69, 9.17) is 21.1 Å². The van der Waals surface area contributed by atoms with E-state index in [1.807, 2.05) is 30.3 Å². The number of nitrogens with zero attached hydrogens (tertiary/aromatic N) is 2. The zero-order chi connectivity index (χ0) is 27.4. The predicted molar refractivity (Wildman–Crippen MR) is 144 cm³/mol. The number of carbonyl (C=O) groups is 3. The van der Waals surface area contributed by atoms with Gasteiger partial charge in [-0.3, -0.25) is 15.1 Å². The van der Waals surface area contributed by atoms with Gasteiger partial charge in [-0.1, -0.05) is 48.9 Å². The minimum Gasteiger partial charge on any atom is -0.449 e. The summed E-state index contributed by atoms with van der Waals surface area (Å²) in [6.07, 6.45) is -0.273. The quantitative estimate of drug-likeness (QED) is 0.384. The van der Waals surface area contributed by atoms with Gasteiger partial charge in [0, 0.05) is 30.8 Å². The molecule has 9 nitrogen and oxygen atoms in total. The summed E-state index contributed by atoms with van der Waals surface area (Å²) >= 11 is 6.24. The van der Waals surface area contributed by atoms with Crippen LogP contribution >= 0.6 is 11.6 Å². The second-order valence-electron chi connectivity index (χ2n) is 9.43. The van der Waals surface area contributed by atoms with Crippen molar-refractivity contribution in [2.75, 3.05) is 32.1 Å². The van der Waals surface area contributed by atoms with Gasteiger partial charge < -0.3 is 14.4 Å². The van der Waals surface area contributed by atoms with Crippen LogP contribution in [0.15, 0.2) is 48.5 Å². The monoisotopic (exact) mass is 532 g/mol. The molecule has 3 amide bonds. The number of aryl methyl sites for hydroxylation is 1. The zero-order valence-corrected chi connectivity index (χ0v) is 22.9. The number of halogens is 1. The van der Waals surface area contributed by atoms with Gasteiger partial charge in [-0.2, -0.15) is 0 Å². The maximum atomic E-state index is 13.0. The van der Waals surface area contributed by atoms with Gasteiger partial charge in [-0.15, -0.1) is 0 Å². The summed E-state index contributed by atoms with van der Waals surface area (Å²) < 4.78 is 10.6. The maximum Gasteiger partial charge on any atom is 0.411 e. The van der Waals surface area contributed by atoms with Crippen molar-refractivity contribution in [2.24, 2.45) is 0 Å². The number of benzene rings is 2. The number of rotatable bonds is 11. The van der Waals surface area contributed by atoms with Gasteiger partial charge in [0.15, 0.2) is 0 Å². The lowest BCUT2D eigenvalue weighted by molar-refractivity contribution is -0.135. The molecule has 0 aliphatic carbocycles. The molecule has 0 saturated carbocycles. The first-order valence-corrected chi connectivity index (χ1v) is 12.6. The summed E-state index contributed by atoms with van der Waals surface area (Å²) in [5.41, 5.74) is 5.03. The second-order valence-corrected chi connectivity index (χ2v) is 9.84. The van der Waals surface area contributed by atoms with Gasteiger partial charge in [-0.25, -0.2) is 15.0 Å². The highest BCUT2D eigenvalue weighted by Crippen LogP contribution is 2.15. The highest BCUT2D eigenvalue weighted by atomic mass is 35.5. The molecule has 202 valence electrons. The lowest BCUT2D eigenvalue weighted by Crippen LogP contribution is -2.47. The Morgan fingerprint density at radius 2 is 1.68 bits per heavy atom. The molecule has 0 aromatic heterocycles. The Morgan fingerprint density at radius 3 is 2.30 bits per heavy atom. The van der Waals surface area contributed by atoms with Gasteiger partial charge in [0.25, 0.3) is 0 Å². The number of anilines is 1. The van der Waals surface area contributed by atoms with Crippen molar-refractivity contribution in [1.82, 2.24) is 15.3 Å². The van der Waals surface area contributed by atoms with E-state index < -0.39 is 17.8 Å². The summed E-state index contributed by atoms with van der Waals surface area (Å²) in [5.74, 6) is -0.301. The Hall–Kier alpha value is -3.30. The fourth-order valence-corrected chi connectivity index (χ4v) is 3.34. The van der Waals surface area contributed by atoms with Crippen LogP contribution in [0, 0.1) is 0 Å². The summed E-state index contributed by atoms with van der Waals surface area (Å²) in [7, 11) is 1.60. The van der Waals surface area contributed by atoms with Crippen molar-refractivity contribution >= 4 is 35.4 Å². The molecule has 2 rings (SSSR count). The number of hydrogen-bond acceptors (Lipinski definition) is 6. The molecule has 0 spiro atoms. The summed E-state index contributed by atoms with van der Waals surface area (Å²) in [6, 6.07) is 14.7. The maximum absolute atomic E-state index is 13.0. The van der Waals surface area contributed by atoms with Gasteiger partial charge in [0.1, 0.15) is 12.2 Å². The highest BCUT2D eigenvalue weighted by Gasteiger charge is 2.21. The molecule has 0 heterocycles. The number of hydrogen-bond donors (Lipinski definition) is 2. The van der Waals surface area contributed by atoms with E-state index in [0.717, 1.165) is 17.5 Å². The molecule has 37 heavy (non-hydrogen) atoms. The average Bonchev–Trinajstić information content (AvgIpc) is 2.84. The van der Waals surface area contributed by atoms with Crippen molar-refractivity contribution in [3.05, 3.63) is 64.7 Å². The van der Waals surface area contributed by atoms with Crippen molar-refractivity contribution in [2.45, 2.75) is 52.7 Å². The minimum absolute atomic E-state index is 0.0478. The average molecular weight is 533 g/mol. The lowest BCUT2D eigenvalue weighted by atomic mass is 10.1. The molecule has 2 aromatic rings. The van der Waals surface area contributed by atoms with Gasteiger partial charge >= 0.3 is 12.2 Å². The lowest BCUT2D eigenvalue weighted by Gasteiger charge is -2.28. The predicted octanol–water partition coefficient (Wildman–Crippen LogP) is 5.24. The molecular formula is C27H37ClN4O5. The topological polar surface area (TPSA) is 100 Å². The van der Waals surface area contributed by atoms with Crippen molar-refractivity contribution < 1.29 is 23.9 Å². The summed E-state index contributed by atoms with van der Waals surface area (Å²) in [5, 5.41) is 4.61.